The van der Waals surface area contributed by atoms with Crippen LogP contribution in [0.2, 0.25) is 0 Å². The molecule has 3 aromatic rings. The molecule has 2 N–H and O–H groups in total. The summed E-state index contributed by atoms with van der Waals surface area (Å²) in [5, 5.41) is 13.8. The topological polar surface area (TPSA) is 84.3 Å². The van der Waals surface area contributed by atoms with Crippen molar-refractivity contribution in [3.05, 3.63) is 29.3 Å². The Labute approximate surface area is 154 Å². The van der Waals surface area contributed by atoms with Crippen molar-refractivity contribution in [2.75, 3.05) is 48.9 Å². The second kappa shape index (κ2) is 6.93. The first-order chi connectivity index (χ1) is 12.7. The summed E-state index contributed by atoms with van der Waals surface area (Å²) in [5.41, 5.74) is 2.41. The molecule has 8 nitrogen and oxygen atoms in total. The number of aryl methyl sites for hydroxylation is 1. The number of fused-ring (bicyclic) bond motifs is 1. The van der Waals surface area contributed by atoms with Crippen molar-refractivity contribution in [1.82, 2.24) is 14.8 Å². The molecule has 0 bridgehead atoms. The number of rotatable bonds is 4. The van der Waals surface area contributed by atoms with E-state index in [2.05, 4.69) is 31.7 Å². The van der Waals surface area contributed by atoms with Crippen LogP contribution in [0.15, 0.2) is 23.6 Å². The van der Waals surface area contributed by atoms with Gasteiger partial charge in [-0.25, -0.2) is 4.98 Å². The van der Waals surface area contributed by atoms with Crippen molar-refractivity contribution in [1.29, 1.82) is 0 Å². The van der Waals surface area contributed by atoms with Crippen LogP contribution in [-0.2, 0) is 11.8 Å². The summed E-state index contributed by atoms with van der Waals surface area (Å²) in [7, 11) is 3.66. The van der Waals surface area contributed by atoms with Gasteiger partial charge in [0.15, 0.2) is 10.9 Å². The molecule has 1 saturated heterocycles. The number of hydrogen-bond acceptors (Lipinski definition) is 7. The van der Waals surface area contributed by atoms with Gasteiger partial charge in [-0.2, -0.15) is 5.10 Å². The molecule has 1 aromatic carbocycles. The van der Waals surface area contributed by atoms with E-state index in [-0.39, 0.29) is 5.91 Å². The summed E-state index contributed by atoms with van der Waals surface area (Å²) in [6.45, 7) is 3.03. The van der Waals surface area contributed by atoms with Gasteiger partial charge in [-0.1, -0.05) is 6.07 Å². The molecule has 136 valence electrons. The van der Waals surface area contributed by atoms with Gasteiger partial charge in [-0.05, 0) is 12.1 Å². The van der Waals surface area contributed by atoms with Crippen LogP contribution in [0.5, 0.6) is 0 Å². The summed E-state index contributed by atoms with van der Waals surface area (Å²) < 4.78 is 7.25. The number of aromatic nitrogens is 3. The van der Waals surface area contributed by atoms with Gasteiger partial charge in [-0.15, -0.1) is 11.3 Å². The van der Waals surface area contributed by atoms with E-state index in [1.807, 2.05) is 19.2 Å². The van der Waals surface area contributed by atoms with Gasteiger partial charge in [-0.3, -0.25) is 9.48 Å². The Morgan fingerprint density at radius 3 is 2.85 bits per heavy atom. The fourth-order valence-corrected chi connectivity index (χ4v) is 3.77. The molecule has 1 fully saturated rings. The first kappa shape index (κ1) is 16.8. The molecule has 0 radical (unpaired) electrons. The smallest absolute Gasteiger partial charge is 0.276 e. The third kappa shape index (κ3) is 2.99. The van der Waals surface area contributed by atoms with Crippen molar-refractivity contribution >= 4 is 44.8 Å². The lowest BCUT2D eigenvalue weighted by Gasteiger charge is -2.29. The number of amides is 1. The fourth-order valence-electron chi connectivity index (χ4n) is 3.11. The Morgan fingerprint density at radius 1 is 1.31 bits per heavy atom. The van der Waals surface area contributed by atoms with Gasteiger partial charge in [0, 0.05) is 32.6 Å². The first-order valence-corrected chi connectivity index (χ1v) is 9.28. The van der Waals surface area contributed by atoms with E-state index in [4.69, 9.17) is 4.74 Å². The van der Waals surface area contributed by atoms with Crippen LogP contribution >= 0.6 is 11.3 Å². The van der Waals surface area contributed by atoms with E-state index in [1.54, 1.807) is 17.1 Å². The molecule has 1 aliphatic rings. The molecule has 1 aliphatic heterocycles. The van der Waals surface area contributed by atoms with Crippen LogP contribution < -0.4 is 15.5 Å². The highest BCUT2D eigenvalue weighted by molar-refractivity contribution is 7.13. The summed E-state index contributed by atoms with van der Waals surface area (Å²) in [4.78, 5) is 19.1. The molecule has 0 saturated carbocycles. The van der Waals surface area contributed by atoms with E-state index in [0.29, 0.717) is 29.9 Å². The van der Waals surface area contributed by atoms with E-state index < -0.39 is 0 Å². The van der Waals surface area contributed by atoms with Gasteiger partial charge in [0.05, 0.1) is 29.8 Å². The number of nitrogens with one attached hydrogen (secondary N) is 2. The van der Waals surface area contributed by atoms with Gasteiger partial charge in [0.25, 0.3) is 5.91 Å². The highest BCUT2D eigenvalue weighted by Crippen LogP contribution is 2.33. The van der Waals surface area contributed by atoms with Gasteiger partial charge < -0.3 is 20.3 Å². The third-order valence-corrected chi connectivity index (χ3v) is 5.25. The average Bonchev–Trinajstić information content (AvgIpc) is 3.28. The monoisotopic (exact) mass is 372 g/mol. The Hall–Kier alpha value is -2.65. The number of hydrogen-bond donors (Lipinski definition) is 2. The lowest BCUT2D eigenvalue weighted by atomic mass is 10.1. The van der Waals surface area contributed by atoms with Crippen LogP contribution in [0, 0.1) is 0 Å². The van der Waals surface area contributed by atoms with E-state index in [1.165, 1.54) is 11.3 Å². The Morgan fingerprint density at radius 2 is 2.12 bits per heavy atom. The molecule has 4 rings (SSSR count). The number of benzene rings is 1. The van der Waals surface area contributed by atoms with Crippen molar-refractivity contribution in [3.8, 4) is 0 Å². The second-order valence-corrected chi connectivity index (χ2v) is 6.84. The summed E-state index contributed by atoms with van der Waals surface area (Å²) in [6, 6.07) is 6.08. The highest BCUT2D eigenvalue weighted by Gasteiger charge is 2.21. The SMILES string of the molecule is CNc1nc(C(=O)Nc2nn(C)c3cccc(N4CCOCC4)c23)cs1. The third-order valence-electron chi connectivity index (χ3n) is 4.39. The van der Waals surface area contributed by atoms with Crippen LogP contribution in [0.1, 0.15) is 10.5 Å². The maximum atomic E-state index is 12.6. The first-order valence-electron chi connectivity index (χ1n) is 8.40. The summed E-state index contributed by atoms with van der Waals surface area (Å²) in [6.07, 6.45) is 0. The van der Waals surface area contributed by atoms with E-state index in [0.717, 1.165) is 29.7 Å². The molecule has 2 aromatic heterocycles. The maximum absolute atomic E-state index is 12.6. The van der Waals surface area contributed by atoms with E-state index in [9.17, 15) is 4.79 Å². The minimum absolute atomic E-state index is 0.264. The van der Waals surface area contributed by atoms with Crippen LogP contribution in [0.4, 0.5) is 16.6 Å². The Bertz CT molecular complexity index is 944. The lowest BCUT2D eigenvalue weighted by molar-refractivity contribution is 0.102. The minimum Gasteiger partial charge on any atom is -0.378 e. The molecular weight excluding hydrogens is 352 g/mol. The van der Waals surface area contributed by atoms with Crippen molar-refractivity contribution in [2.24, 2.45) is 7.05 Å². The predicted molar refractivity (Wildman–Crippen MR) is 103 cm³/mol. The van der Waals surface area contributed by atoms with Crippen LogP contribution in [-0.4, -0.2) is 54.0 Å². The Balaban J connectivity index is 1.71. The molecular formula is C17H20N6O2S. The minimum atomic E-state index is -0.264. The van der Waals surface area contributed by atoms with Crippen LogP contribution in [0.25, 0.3) is 10.9 Å². The average molecular weight is 372 g/mol. The van der Waals surface area contributed by atoms with Gasteiger partial charge >= 0.3 is 0 Å². The zero-order valence-electron chi connectivity index (χ0n) is 14.7. The van der Waals surface area contributed by atoms with Crippen molar-refractivity contribution in [2.45, 2.75) is 0 Å². The Kier molecular flexibility index (Phi) is 4.48. The molecule has 0 spiro atoms. The number of anilines is 3. The largest absolute Gasteiger partial charge is 0.378 e. The summed E-state index contributed by atoms with van der Waals surface area (Å²) >= 11 is 1.39. The van der Waals surface area contributed by atoms with Gasteiger partial charge in [0.2, 0.25) is 0 Å². The zero-order valence-corrected chi connectivity index (χ0v) is 15.5. The lowest BCUT2D eigenvalue weighted by Crippen LogP contribution is -2.36. The number of thiazole rings is 1. The highest BCUT2D eigenvalue weighted by atomic mass is 32.1. The fraction of sp³-hybridized carbons (Fsp3) is 0.353. The number of carbonyl (C=O) groups excluding carboxylic acids is 1. The van der Waals surface area contributed by atoms with Crippen LogP contribution in [0.3, 0.4) is 0 Å². The molecule has 1 amide bonds. The van der Waals surface area contributed by atoms with Crippen molar-refractivity contribution < 1.29 is 9.53 Å². The van der Waals surface area contributed by atoms with Gasteiger partial charge in [0.1, 0.15) is 5.69 Å². The standard InChI is InChI=1S/C17H20N6O2S/c1-18-17-19-11(10-26-17)16(24)20-15-14-12(22(2)21-15)4-3-5-13(14)23-6-8-25-9-7-23/h3-5,10H,6-9H2,1-2H3,(H,18,19)(H,20,21,24). The normalized spacial score (nSPS) is 14.6. The maximum Gasteiger partial charge on any atom is 0.276 e. The molecule has 0 unspecified atom stereocenters. The number of morpholine rings is 1. The number of ether oxygens (including phenoxy) is 1. The summed E-state index contributed by atoms with van der Waals surface area (Å²) in [5.74, 6) is 0.285. The molecule has 9 heteroatoms. The number of carbonyl (C=O) groups is 1. The zero-order chi connectivity index (χ0) is 18.1. The second-order valence-electron chi connectivity index (χ2n) is 5.98. The van der Waals surface area contributed by atoms with E-state index >= 15 is 0 Å². The molecule has 0 atom stereocenters. The quantitative estimate of drug-likeness (QED) is 0.730. The predicted octanol–water partition coefficient (Wildman–Crippen LogP) is 2.16. The van der Waals surface area contributed by atoms with Crippen molar-refractivity contribution in [3.63, 3.8) is 0 Å². The number of nitrogens with zero attached hydrogens (tertiary/aromatic N) is 4. The molecule has 3 heterocycles. The molecule has 26 heavy (non-hydrogen) atoms. The molecule has 0 aliphatic carbocycles.